The Balaban J connectivity index is 4.17. The second kappa shape index (κ2) is 14.5. The number of unbranched alkanes of at least 4 members (excludes halogenated alkanes) is 5. The van der Waals surface area contributed by atoms with E-state index in [2.05, 4.69) is 13.8 Å². The van der Waals surface area contributed by atoms with Crippen molar-refractivity contribution >= 4 is 11.9 Å². The molecule has 0 fully saturated rings. The van der Waals surface area contributed by atoms with E-state index in [0.29, 0.717) is 19.4 Å². The Labute approximate surface area is 143 Å². The lowest BCUT2D eigenvalue weighted by atomic mass is 10.1. The predicted octanol–water partition coefficient (Wildman–Crippen LogP) is 4.71. The van der Waals surface area contributed by atoms with Crippen LogP contribution in [-0.2, 0) is 14.3 Å². The maximum atomic E-state index is 12.3. The fraction of sp³-hybridized carbons (Fsp3) is 0.895. The molecule has 4 heteroatoms. The summed E-state index contributed by atoms with van der Waals surface area (Å²) in [4.78, 5) is 26.0. The molecule has 0 radical (unpaired) electrons. The van der Waals surface area contributed by atoms with Crippen molar-refractivity contribution in [2.75, 3.05) is 13.1 Å². The van der Waals surface area contributed by atoms with Gasteiger partial charge in [0, 0.05) is 19.5 Å². The van der Waals surface area contributed by atoms with Gasteiger partial charge in [-0.15, -0.1) is 0 Å². The van der Waals surface area contributed by atoms with Crippen molar-refractivity contribution in [1.29, 1.82) is 0 Å². The molecule has 1 unspecified atom stereocenters. The first kappa shape index (κ1) is 21.9. The summed E-state index contributed by atoms with van der Waals surface area (Å²) in [5, 5.41) is 0. The third-order valence-electron chi connectivity index (χ3n) is 4.12. The van der Waals surface area contributed by atoms with Gasteiger partial charge >= 0.3 is 5.97 Å². The lowest BCUT2D eigenvalue weighted by molar-refractivity contribution is -0.149. The van der Waals surface area contributed by atoms with Crippen LogP contribution in [0.3, 0.4) is 0 Å². The zero-order valence-corrected chi connectivity index (χ0v) is 15.7. The third kappa shape index (κ3) is 12.1. The highest BCUT2D eigenvalue weighted by molar-refractivity contribution is 5.77. The molecule has 0 aromatic rings. The Bertz CT molecular complexity index is 318. The van der Waals surface area contributed by atoms with Crippen LogP contribution in [-0.4, -0.2) is 36.0 Å². The Morgan fingerprint density at radius 2 is 1.52 bits per heavy atom. The summed E-state index contributed by atoms with van der Waals surface area (Å²) in [6.07, 6.45) is 9.48. The van der Waals surface area contributed by atoms with Crippen molar-refractivity contribution < 1.29 is 14.3 Å². The van der Waals surface area contributed by atoms with Gasteiger partial charge < -0.3 is 9.64 Å². The highest BCUT2D eigenvalue weighted by atomic mass is 16.5. The van der Waals surface area contributed by atoms with Crippen molar-refractivity contribution in [1.82, 2.24) is 4.90 Å². The number of hydrogen-bond donors (Lipinski definition) is 0. The summed E-state index contributed by atoms with van der Waals surface area (Å²) in [6.45, 7) is 9.44. The van der Waals surface area contributed by atoms with E-state index in [-0.39, 0.29) is 18.0 Å². The van der Waals surface area contributed by atoms with Crippen LogP contribution in [0.4, 0.5) is 0 Å². The van der Waals surface area contributed by atoms with E-state index in [9.17, 15) is 9.59 Å². The van der Waals surface area contributed by atoms with Crippen LogP contribution in [0.15, 0.2) is 0 Å². The van der Waals surface area contributed by atoms with Crippen molar-refractivity contribution in [3.05, 3.63) is 0 Å². The van der Waals surface area contributed by atoms with Gasteiger partial charge in [0.15, 0.2) is 0 Å². The van der Waals surface area contributed by atoms with Gasteiger partial charge in [-0.25, -0.2) is 0 Å². The molecule has 0 N–H and O–H groups in total. The summed E-state index contributed by atoms with van der Waals surface area (Å²) in [5.41, 5.74) is 0. The normalized spacial score (nSPS) is 12.0. The molecule has 0 spiro atoms. The van der Waals surface area contributed by atoms with E-state index >= 15 is 0 Å². The highest BCUT2D eigenvalue weighted by Gasteiger charge is 2.15. The maximum Gasteiger partial charge on any atom is 0.307 e. The first-order valence-electron chi connectivity index (χ1n) is 9.52. The maximum absolute atomic E-state index is 12.3. The second-order valence-corrected chi connectivity index (χ2v) is 6.36. The zero-order valence-electron chi connectivity index (χ0n) is 15.7. The van der Waals surface area contributed by atoms with E-state index in [1.54, 1.807) is 0 Å². The number of rotatable bonds is 14. The van der Waals surface area contributed by atoms with Gasteiger partial charge in [-0.3, -0.25) is 9.59 Å². The average Bonchev–Trinajstić information content (AvgIpc) is 2.54. The van der Waals surface area contributed by atoms with Gasteiger partial charge in [0.2, 0.25) is 5.91 Å². The van der Waals surface area contributed by atoms with Crippen LogP contribution in [0.25, 0.3) is 0 Å². The Kier molecular flexibility index (Phi) is 13.9. The fourth-order valence-electron chi connectivity index (χ4n) is 2.34. The molecule has 0 rings (SSSR count). The minimum absolute atomic E-state index is 0.0409. The topological polar surface area (TPSA) is 46.6 Å². The van der Waals surface area contributed by atoms with Crippen LogP contribution in [0.1, 0.15) is 91.9 Å². The van der Waals surface area contributed by atoms with Crippen molar-refractivity contribution in [3.8, 4) is 0 Å². The Morgan fingerprint density at radius 1 is 0.870 bits per heavy atom. The van der Waals surface area contributed by atoms with E-state index in [0.717, 1.165) is 38.6 Å². The molecule has 0 aliphatic heterocycles. The van der Waals surface area contributed by atoms with Crippen molar-refractivity contribution in [2.24, 2.45) is 0 Å². The number of carbonyl (C=O) groups excluding carboxylic acids is 2. The van der Waals surface area contributed by atoms with E-state index in [4.69, 9.17) is 4.74 Å². The molecule has 0 heterocycles. The number of hydrogen-bond acceptors (Lipinski definition) is 3. The molecule has 0 aromatic heterocycles. The second-order valence-electron chi connectivity index (χ2n) is 6.36. The van der Waals surface area contributed by atoms with Crippen LogP contribution in [0, 0.1) is 0 Å². The van der Waals surface area contributed by atoms with Gasteiger partial charge in [0.1, 0.15) is 0 Å². The van der Waals surface area contributed by atoms with Gasteiger partial charge in [-0.05, 0) is 26.2 Å². The Hall–Kier alpha value is -1.06. The SMILES string of the molecule is CCCCCCCC(=O)N(CCCC)CCC(=O)OC(C)CC. The average molecular weight is 328 g/mol. The van der Waals surface area contributed by atoms with Crippen molar-refractivity contribution in [3.63, 3.8) is 0 Å². The summed E-state index contributed by atoms with van der Waals surface area (Å²) >= 11 is 0. The number of carbonyl (C=O) groups is 2. The molecule has 4 nitrogen and oxygen atoms in total. The molecular formula is C19H37NO3. The van der Waals surface area contributed by atoms with Crippen LogP contribution >= 0.6 is 0 Å². The van der Waals surface area contributed by atoms with Crippen molar-refractivity contribution in [2.45, 2.75) is 98.0 Å². The molecule has 0 aliphatic carbocycles. The summed E-state index contributed by atoms with van der Waals surface area (Å²) < 4.78 is 5.28. The number of amides is 1. The molecule has 136 valence electrons. The van der Waals surface area contributed by atoms with E-state index in [1.807, 2.05) is 18.7 Å². The zero-order chi connectivity index (χ0) is 17.5. The molecule has 0 bridgehead atoms. The molecule has 1 amide bonds. The molecular weight excluding hydrogens is 290 g/mol. The number of ether oxygens (including phenoxy) is 1. The standard InChI is InChI=1S/C19H37NO3/c1-5-8-10-11-12-13-18(21)20(15-9-6-2)16-14-19(22)23-17(4)7-3/h17H,5-16H2,1-4H3. The van der Waals surface area contributed by atoms with Gasteiger partial charge in [-0.2, -0.15) is 0 Å². The largest absolute Gasteiger partial charge is 0.463 e. The molecule has 1 atom stereocenters. The summed E-state index contributed by atoms with van der Waals surface area (Å²) in [6, 6.07) is 0. The van der Waals surface area contributed by atoms with E-state index < -0.39 is 0 Å². The Morgan fingerprint density at radius 3 is 2.13 bits per heavy atom. The quantitative estimate of drug-likeness (QED) is 0.343. The van der Waals surface area contributed by atoms with Gasteiger partial charge in [0.25, 0.3) is 0 Å². The van der Waals surface area contributed by atoms with Gasteiger partial charge in [-0.1, -0.05) is 52.9 Å². The first-order chi connectivity index (χ1) is 11.0. The minimum atomic E-state index is -0.198. The summed E-state index contributed by atoms with van der Waals surface area (Å²) in [7, 11) is 0. The first-order valence-corrected chi connectivity index (χ1v) is 9.52. The lowest BCUT2D eigenvalue weighted by Gasteiger charge is -2.22. The predicted molar refractivity (Wildman–Crippen MR) is 95.3 cm³/mol. The smallest absolute Gasteiger partial charge is 0.307 e. The molecule has 0 aromatic carbocycles. The molecule has 0 saturated carbocycles. The minimum Gasteiger partial charge on any atom is -0.463 e. The van der Waals surface area contributed by atoms with Crippen LogP contribution in [0.2, 0.25) is 0 Å². The van der Waals surface area contributed by atoms with Crippen LogP contribution in [0.5, 0.6) is 0 Å². The lowest BCUT2D eigenvalue weighted by Crippen LogP contribution is -2.34. The highest BCUT2D eigenvalue weighted by Crippen LogP contribution is 2.09. The van der Waals surface area contributed by atoms with Gasteiger partial charge in [0.05, 0.1) is 12.5 Å². The van der Waals surface area contributed by atoms with Crippen LogP contribution < -0.4 is 0 Å². The summed E-state index contributed by atoms with van der Waals surface area (Å²) in [5.74, 6) is -0.0112. The number of esters is 1. The molecule has 0 aliphatic rings. The molecule has 23 heavy (non-hydrogen) atoms. The third-order valence-corrected chi connectivity index (χ3v) is 4.12. The fourth-order valence-corrected chi connectivity index (χ4v) is 2.34. The van der Waals surface area contributed by atoms with E-state index in [1.165, 1.54) is 19.3 Å². The monoisotopic (exact) mass is 327 g/mol. The number of nitrogens with zero attached hydrogens (tertiary/aromatic N) is 1. The molecule has 0 saturated heterocycles.